The molecule has 0 aliphatic rings. The zero-order chi connectivity index (χ0) is 27.0. The summed E-state index contributed by atoms with van der Waals surface area (Å²) in [5.41, 5.74) is -2.83. The van der Waals surface area contributed by atoms with Gasteiger partial charge >= 0.3 is 35.8 Å². The van der Waals surface area contributed by atoms with Gasteiger partial charge in [0.25, 0.3) is 0 Å². The maximum atomic E-state index is 12.9. The molecule has 0 bridgehead atoms. The number of ether oxygens (including phenoxy) is 1. The quantitative estimate of drug-likeness (QED) is 0.201. The summed E-state index contributed by atoms with van der Waals surface area (Å²) in [5.74, 6) is -8.67. The summed E-state index contributed by atoms with van der Waals surface area (Å²) >= 11 is 0. The molecule has 4 rings (SSSR count). The largest absolute Gasteiger partial charge is 1.00 e. The molecule has 12 heteroatoms. The highest BCUT2D eigenvalue weighted by molar-refractivity contribution is 6.16. The van der Waals surface area contributed by atoms with E-state index in [2.05, 4.69) is 0 Å². The van der Waals surface area contributed by atoms with Crippen LogP contribution in [0.4, 0.5) is 0 Å². The predicted molar refractivity (Wildman–Crippen MR) is 125 cm³/mol. The number of carbonyl (C=O) groups is 6. The molecule has 0 fully saturated rings. The Kier molecular flexibility index (Phi) is 7.45. The zero-order valence-corrected chi connectivity index (χ0v) is 19.6. The van der Waals surface area contributed by atoms with E-state index in [1.165, 1.54) is 36.4 Å². The highest BCUT2D eigenvalue weighted by atomic mass is 35.5. The molecule has 0 aliphatic carbocycles. The lowest BCUT2D eigenvalue weighted by Crippen LogP contribution is -3.00. The van der Waals surface area contributed by atoms with Gasteiger partial charge in [-0.25, -0.2) is 28.8 Å². The fourth-order valence-corrected chi connectivity index (χ4v) is 3.91. The molecule has 38 heavy (non-hydrogen) atoms. The molecule has 0 amide bonds. The molecule has 4 aromatic carbocycles. The normalized spacial score (nSPS) is 10.4. The summed E-state index contributed by atoms with van der Waals surface area (Å²) in [7, 11) is 0. The van der Waals surface area contributed by atoms with Crippen LogP contribution in [0.1, 0.15) is 62.1 Å². The second kappa shape index (κ2) is 10.4. The number of fused-ring (bicyclic) bond motifs is 2. The SMILES string of the molecule is O=C(O)c1cc2c(C(=O)O)cccc2cc1C(=O)OC(=O)c1cc2cccc(C(=O)O)c2cc1C(=O)O.[Cl-]. The molecule has 4 N–H and O–H groups in total. The molecule has 0 aromatic heterocycles. The van der Waals surface area contributed by atoms with Crippen molar-refractivity contribution in [3.8, 4) is 0 Å². The number of carbonyl (C=O) groups excluding carboxylic acids is 2. The first-order valence-corrected chi connectivity index (χ1v) is 10.3. The number of esters is 2. The van der Waals surface area contributed by atoms with Crippen LogP contribution in [0.15, 0.2) is 60.7 Å². The number of carboxylic acid groups (broad SMARTS) is 4. The van der Waals surface area contributed by atoms with E-state index in [1.807, 2.05) is 0 Å². The van der Waals surface area contributed by atoms with Crippen LogP contribution < -0.4 is 12.4 Å². The molecule has 11 nitrogen and oxygen atoms in total. The average molecular weight is 538 g/mol. The Morgan fingerprint density at radius 3 is 1.13 bits per heavy atom. The molecule has 0 unspecified atom stereocenters. The van der Waals surface area contributed by atoms with Crippen LogP contribution in [0.5, 0.6) is 0 Å². The third-order valence-corrected chi connectivity index (χ3v) is 5.58. The van der Waals surface area contributed by atoms with Crippen LogP contribution in [0.25, 0.3) is 21.5 Å². The number of hydrogen-bond acceptors (Lipinski definition) is 7. The number of benzene rings is 4. The summed E-state index contributed by atoms with van der Waals surface area (Å²) in [6, 6.07) is 12.2. The number of aromatic carboxylic acids is 4. The van der Waals surface area contributed by atoms with Gasteiger partial charge < -0.3 is 37.6 Å². The van der Waals surface area contributed by atoms with Gasteiger partial charge in [-0.1, -0.05) is 24.3 Å². The van der Waals surface area contributed by atoms with Gasteiger partial charge in [-0.05, 0) is 57.9 Å². The summed E-state index contributed by atoms with van der Waals surface area (Å²) in [4.78, 5) is 72.3. The zero-order valence-electron chi connectivity index (χ0n) is 18.8. The third-order valence-electron chi connectivity index (χ3n) is 5.58. The Labute approximate surface area is 217 Å². The molecule has 0 atom stereocenters. The molecule has 0 radical (unpaired) electrons. The van der Waals surface area contributed by atoms with Crippen molar-refractivity contribution in [3.63, 3.8) is 0 Å². The maximum Gasteiger partial charge on any atom is 0.346 e. The van der Waals surface area contributed by atoms with E-state index in [0.29, 0.717) is 0 Å². The van der Waals surface area contributed by atoms with E-state index in [4.69, 9.17) is 4.74 Å². The Morgan fingerprint density at radius 1 is 0.474 bits per heavy atom. The first-order chi connectivity index (χ1) is 17.5. The van der Waals surface area contributed by atoms with Crippen LogP contribution in [0.3, 0.4) is 0 Å². The topological polar surface area (TPSA) is 193 Å². The molecule has 4 aromatic rings. The fraction of sp³-hybridized carbons (Fsp3) is 0. The average Bonchev–Trinajstić information content (AvgIpc) is 2.85. The van der Waals surface area contributed by atoms with Gasteiger partial charge in [0.05, 0.1) is 33.4 Å². The van der Waals surface area contributed by atoms with Gasteiger partial charge in [-0.15, -0.1) is 0 Å². The van der Waals surface area contributed by atoms with Crippen LogP contribution in [-0.2, 0) is 4.74 Å². The van der Waals surface area contributed by atoms with Crippen molar-refractivity contribution in [2.24, 2.45) is 0 Å². The van der Waals surface area contributed by atoms with Crippen molar-refractivity contribution in [1.82, 2.24) is 0 Å². The Balaban J connectivity index is 0.00000400. The van der Waals surface area contributed by atoms with Gasteiger partial charge in [0.15, 0.2) is 0 Å². The summed E-state index contributed by atoms with van der Waals surface area (Å²) < 4.78 is 4.82. The summed E-state index contributed by atoms with van der Waals surface area (Å²) in [6.07, 6.45) is 0. The van der Waals surface area contributed by atoms with Crippen molar-refractivity contribution >= 4 is 57.4 Å². The Morgan fingerprint density at radius 2 is 0.816 bits per heavy atom. The fourth-order valence-electron chi connectivity index (χ4n) is 3.91. The minimum atomic E-state index is -1.60. The standard InChI is InChI=1S/C26H14O11.ClH/c27-21(28)13-5-1-3-11-7-19(17(23(31)32)9-15(11)13)25(35)37-26(36)20-8-12-4-2-6-14(22(29)30)16(12)10-18(20)24(33)34;/h1-10H,(H,27,28)(H,29,30)(H,31,32)(H,33,34);1H/p-1. The lowest BCUT2D eigenvalue weighted by atomic mass is 9.97. The summed E-state index contributed by atoms with van der Waals surface area (Å²) in [5, 5.41) is 38.4. The van der Waals surface area contributed by atoms with Gasteiger partial charge in [0, 0.05) is 0 Å². The first-order valence-electron chi connectivity index (χ1n) is 10.3. The number of hydrogen-bond donors (Lipinski definition) is 4. The first kappa shape index (κ1) is 27.3. The van der Waals surface area contributed by atoms with E-state index in [0.717, 1.165) is 24.3 Å². The minimum absolute atomic E-state index is 0. The van der Waals surface area contributed by atoms with E-state index in [-0.39, 0.29) is 45.1 Å². The van der Waals surface area contributed by atoms with E-state index < -0.39 is 58.1 Å². The van der Waals surface area contributed by atoms with E-state index in [1.54, 1.807) is 0 Å². The minimum Gasteiger partial charge on any atom is -1.00 e. The molecule has 0 aliphatic heterocycles. The highest BCUT2D eigenvalue weighted by Gasteiger charge is 2.26. The monoisotopic (exact) mass is 537 g/mol. The number of rotatable bonds is 6. The number of halogens is 1. The van der Waals surface area contributed by atoms with Crippen LogP contribution in [0.2, 0.25) is 0 Å². The van der Waals surface area contributed by atoms with Gasteiger partial charge in [0.2, 0.25) is 0 Å². The van der Waals surface area contributed by atoms with Crippen LogP contribution in [0, 0.1) is 0 Å². The lowest BCUT2D eigenvalue weighted by Gasteiger charge is -2.11. The van der Waals surface area contributed by atoms with Crippen molar-refractivity contribution in [2.75, 3.05) is 0 Å². The van der Waals surface area contributed by atoms with Gasteiger partial charge in [0.1, 0.15) is 0 Å². The second-order valence-electron chi connectivity index (χ2n) is 7.75. The van der Waals surface area contributed by atoms with Crippen LogP contribution >= 0.6 is 0 Å². The smallest absolute Gasteiger partial charge is 0.346 e. The van der Waals surface area contributed by atoms with Crippen molar-refractivity contribution < 1.29 is 66.3 Å². The van der Waals surface area contributed by atoms with E-state index in [9.17, 15) is 49.2 Å². The summed E-state index contributed by atoms with van der Waals surface area (Å²) in [6.45, 7) is 0. The third kappa shape index (κ3) is 4.86. The lowest BCUT2D eigenvalue weighted by molar-refractivity contribution is -0.000101. The van der Waals surface area contributed by atoms with Crippen molar-refractivity contribution in [1.29, 1.82) is 0 Å². The molecular weight excluding hydrogens is 524 g/mol. The van der Waals surface area contributed by atoms with Crippen molar-refractivity contribution in [2.45, 2.75) is 0 Å². The molecule has 0 saturated heterocycles. The highest BCUT2D eigenvalue weighted by Crippen LogP contribution is 2.27. The molecule has 0 spiro atoms. The Hall–Kier alpha value is -5.29. The second-order valence-corrected chi connectivity index (χ2v) is 7.75. The molecule has 0 heterocycles. The molecule has 192 valence electrons. The van der Waals surface area contributed by atoms with E-state index >= 15 is 0 Å². The maximum absolute atomic E-state index is 12.9. The molecule has 0 saturated carbocycles. The number of carboxylic acids is 4. The van der Waals surface area contributed by atoms with Crippen molar-refractivity contribution in [3.05, 3.63) is 94.0 Å². The molecular formula is C26H14ClO11-. The van der Waals surface area contributed by atoms with Crippen LogP contribution in [-0.4, -0.2) is 56.2 Å². The van der Waals surface area contributed by atoms with Gasteiger partial charge in [-0.2, -0.15) is 0 Å². The Bertz CT molecular complexity index is 1580. The predicted octanol–water partition coefficient (Wildman–Crippen LogP) is 0.787. The van der Waals surface area contributed by atoms with Gasteiger partial charge in [-0.3, -0.25) is 0 Å².